The summed E-state index contributed by atoms with van der Waals surface area (Å²) in [6.07, 6.45) is 0.653. The van der Waals surface area contributed by atoms with Gasteiger partial charge in [0.1, 0.15) is 6.54 Å². The Kier molecular flexibility index (Phi) is 10.7. The van der Waals surface area contributed by atoms with Crippen molar-refractivity contribution in [2.45, 2.75) is 20.3 Å². The van der Waals surface area contributed by atoms with Crippen LogP contribution in [-0.2, 0) is 9.53 Å². The molecule has 0 bridgehead atoms. The second kappa shape index (κ2) is 9.83. The first-order valence-electron chi connectivity index (χ1n) is 4.51. The minimum absolute atomic E-state index is 0.0281. The number of amides is 2. The van der Waals surface area contributed by atoms with Crippen molar-refractivity contribution in [1.29, 1.82) is 0 Å². The predicted molar refractivity (Wildman–Crippen MR) is 55.1 cm³/mol. The summed E-state index contributed by atoms with van der Waals surface area (Å²) in [6.45, 7) is 4.22. The molecule has 0 rings (SSSR count). The maximum Gasteiger partial charge on any atom is 0.407 e. The van der Waals surface area contributed by atoms with Crippen molar-refractivity contribution >= 4 is 12.0 Å². The van der Waals surface area contributed by atoms with Crippen molar-refractivity contribution in [2.24, 2.45) is 0 Å². The SMILES string of the molecule is CCC.COC(=O)NCC(=O)N(C)C. The van der Waals surface area contributed by atoms with Gasteiger partial charge in [-0.1, -0.05) is 20.3 Å². The molecule has 14 heavy (non-hydrogen) atoms. The maximum absolute atomic E-state index is 10.8. The van der Waals surface area contributed by atoms with Gasteiger partial charge in [0.05, 0.1) is 7.11 Å². The molecule has 5 heteroatoms. The smallest absolute Gasteiger partial charge is 0.407 e. The number of alkyl carbamates (subject to hydrolysis) is 1. The average Bonchev–Trinajstić information content (AvgIpc) is 2.14. The Balaban J connectivity index is 0. The van der Waals surface area contributed by atoms with Gasteiger partial charge in [-0.15, -0.1) is 0 Å². The zero-order valence-electron chi connectivity index (χ0n) is 9.59. The Morgan fingerprint density at radius 3 is 2.00 bits per heavy atom. The highest BCUT2D eigenvalue weighted by molar-refractivity contribution is 5.81. The van der Waals surface area contributed by atoms with Crippen LogP contribution >= 0.6 is 0 Å². The van der Waals surface area contributed by atoms with E-state index in [9.17, 15) is 9.59 Å². The van der Waals surface area contributed by atoms with Crippen LogP contribution in [0.1, 0.15) is 20.3 Å². The van der Waals surface area contributed by atoms with Crippen LogP contribution in [0.25, 0.3) is 0 Å². The maximum atomic E-state index is 10.8. The highest BCUT2D eigenvalue weighted by Crippen LogP contribution is 1.76. The first kappa shape index (κ1) is 15.2. The van der Waals surface area contributed by atoms with Crippen molar-refractivity contribution < 1.29 is 14.3 Å². The summed E-state index contributed by atoms with van der Waals surface area (Å²) in [5.41, 5.74) is 0. The van der Waals surface area contributed by atoms with Crippen molar-refractivity contribution in [1.82, 2.24) is 10.2 Å². The van der Waals surface area contributed by atoms with Crippen LogP contribution < -0.4 is 5.32 Å². The highest BCUT2D eigenvalue weighted by atomic mass is 16.5. The number of carbonyl (C=O) groups excluding carboxylic acids is 2. The predicted octanol–water partition coefficient (Wildman–Crippen LogP) is 0.847. The fraction of sp³-hybridized carbons (Fsp3) is 0.778. The molecule has 0 aromatic carbocycles. The number of carbonyl (C=O) groups is 2. The third-order valence-electron chi connectivity index (χ3n) is 1.07. The lowest BCUT2D eigenvalue weighted by Crippen LogP contribution is -2.36. The number of nitrogens with zero attached hydrogens (tertiary/aromatic N) is 1. The number of rotatable bonds is 2. The van der Waals surface area contributed by atoms with E-state index in [2.05, 4.69) is 23.9 Å². The van der Waals surface area contributed by atoms with Crippen molar-refractivity contribution in [3.8, 4) is 0 Å². The lowest BCUT2D eigenvalue weighted by atomic mass is 10.5. The van der Waals surface area contributed by atoms with E-state index in [1.165, 1.54) is 18.4 Å². The summed E-state index contributed by atoms with van der Waals surface area (Å²) < 4.78 is 4.26. The molecule has 0 radical (unpaired) electrons. The first-order chi connectivity index (χ1) is 6.49. The van der Waals surface area contributed by atoms with Crippen LogP contribution in [0.15, 0.2) is 0 Å². The first-order valence-corrected chi connectivity index (χ1v) is 4.51. The van der Waals surface area contributed by atoms with Crippen LogP contribution in [0.2, 0.25) is 0 Å². The topological polar surface area (TPSA) is 58.6 Å². The molecule has 0 saturated heterocycles. The summed E-state index contributed by atoms with van der Waals surface area (Å²) in [5.74, 6) is -0.171. The van der Waals surface area contributed by atoms with Crippen molar-refractivity contribution in [2.75, 3.05) is 27.7 Å². The summed E-state index contributed by atoms with van der Waals surface area (Å²) in [5, 5.41) is 2.26. The van der Waals surface area contributed by atoms with E-state index in [-0.39, 0.29) is 12.5 Å². The molecule has 0 aliphatic heterocycles. The molecule has 0 aliphatic rings. The van der Waals surface area contributed by atoms with E-state index in [0.29, 0.717) is 0 Å². The Bertz CT molecular complexity index is 169. The molecular weight excluding hydrogens is 184 g/mol. The molecule has 0 aliphatic carbocycles. The Morgan fingerprint density at radius 2 is 1.71 bits per heavy atom. The number of hydrogen-bond donors (Lipinski definition) is 1. The summed E-state index contributed by atoms with van der Waals surface area (Å²) in [6, 6.07) is 0. The molecule has 2 amide bonds. The average molecular weight is 204 g/mol. The Morgan fingerprint density at radius 1 is 1.29 bits per heavy atom. The molecule has 5 nitrogen and oxygen atoms in total. The van der Waals surface area contributed by atoms with E-state index in [4.69, 9.17) is 0 Å². The van der Waals surface area contributed by atoms with E-state index in [0.717, 1.165) is 0 Å². The fourth-order valence-corrected chi connectivity index (χ4v) is 0.378. The van der Waals surface area contributed by atoms with Gasteiger partial charge in [-0.25, -0.2) is 4.79 Å². The molecule has 84 valence electrons. The number of ether oxygens (including phenoxy) is 1. The third kappa shape index (κ3) is 10.7. The van der Waals surface area contributed by atoms with Crippen LogP contribution in [0, 0.1) is 0 Å². The van der Waals surface area contributed by atoms with Crippen LogP contribution in [0.4, 0.5) is 4.79 Å². The van der Waals surface area contributed by atoms with Crippen LogP contribution in [-0.4, -0.2) is 44.7 Å². The molecule has 0 heterocycles. The second-order valence-corrected chi connectivity index (χ2v) is 2.84. The molecule has 0 fully saturated rings. The zero-order chi connectivity index (χ0) is 11.6. The lowest BCUT2D eigenvalue weighted by molar-refractivity contribution is -0.127. The lowest BCUT2D eigenvalue weighted by Gasteiger charge is -2.09. The largest absolute Gasteiger partial charge is 0.453 e. The van der Waals surface area contributed by atoms with E-state index >= 15 is 0 Å². The molecule has 0 aromatic rings. The monoisotopic (exact) mass is 204 g/mol. The van der Waals surface area contributed by atoms with Gasteiger partial charge in [0.2, 0.25) is 5.91 Å². The van der Waals surface area contributed by atoms with Crippen molar-refractivity contribution in [3.05, 3.63) is 0 Å². The number of nitrogens with one attached hydrogen (secondary N) is 1. The van der Waals surface area contributed by atoms with Crippen molar-refractivity contribution in [3.63, 3.8) is 0 Å². The summed E-state index contributed by atoms with van der Waals surface area (Å²) in [4.78, 5) is 22.6. The number of methoxy groups -OCH3 is 1. The van der Waals surface area contributed by atoms with E-state index < -0.39 is 6.09 Å². The molecular formula is C9H20N2O3. The molecule has 0 unspecified atom stereocenters. The Hall–Kier alpha value is -1.26. The molecule has 0 aromatic heterocycles. The standard InChI is InChI=1S/C6H12N2O3.C3H8/c1-8(2)5(9)4-7-6(10)11-3;1-3-2/h4H2,1-3H3,(H,7,10);3H2,1-2H3. The zero-order valence-corrected chi connectivity index (χ0v) is 9.59. The second-order valence-electron chi connectivity index (χ2n) is 2.84. The molecule has 1 N–H and O–H groups in total. The van der Waals surface area contributed by atoms with Gasteiger partial charge in [0, 0.05) is 14.1 Å². The molecule has 0 saturated carbocycles. The Labute approximate surface area is 85.4 Å². The normalized spacial score (nSPS) is 8.07. The van der Waals surface area contributed by atoms with Gasteiger partial charge in [-0.2, -0.15) is 0 Å². The molecule has 0 atom stereocenters. The van der Waals surface area contributed by atoms with Gasteiger partial charge in [0.15, 0.2) is 0 Å². The molecule has 0 spiro atoms. The van der Waals surface area contributed by atoms with E-state index in [1.807, 2.05) is 0 Å². The highest BCUT2D eigenvalue weighted by Gasteiger charge is 2.05. The fourth-order valence-electron chi connectivity index (χ4n) is 0.378. The summed E-state index contributed by atoms with van der Waals surface area (Å²) in [7, 11) is 4.47. The summed E-state index contributed by atoms with van der Waals surface area (Å²) >= 11 is 0. The number of hydrogen-bond acceptors (Lipinski definition) is 3. The third-order valence-corrected chi connectivity index (χ3v) is 1.07. The van der Waals surface area contributed by atoms with Crippen LogP contribution in [0.5, 0.6) is 0 Å². The minimum Gasteiger partial charge on any atom is -0.453 e. The van der Waals surface area contributed by atoms with Gasteiger partial charge >= 0.3 is 6.09 Å². The van der Waals surface area contributed by atoms with Crippen LogP contribution in [0.3, 0.4) is 0 Å². The minimum atomic E-state index is -0.597. The van der Waals surface area contributed by atoms with E-state index in [1.54, 1.807) is 14.1 Å². The quantitative estimate of drug-likeness (QED) is 0.725. The van der Waals surface area contributed by atoms with Gasteiger partial charge in [-0.3, -0.25) is 4.79 Å². The van der Waals surface area contributed by atoms with Gasteiger partial charge in [-0.05, 0) is 0 Å². The van der Waals surface area contributed by atoms with Gasteiger partial charge < -0.3 is 15.0 Å². The van der Waals surface area contributed by atoms with Gasteiger partial charge in [0.25, 0.3) is 0 Å². The number of likely N-dealkylation sites (N-methyl/N-ethyl adjacent to an activating group) is 1.